The van der Waals surface area contributed by atoms with Gasteiger partial charge >= 0.3 is 0 Å². The van der Waals surface area contributed by atoms with E-state index in [0.29, 0.717) is 0 Å². The molecule has 0 heterocycles. The number of likely N-dealkylation sites (N-methyl/N-ethyl adjacent to an activating group) is 1. The molecular formula is C9H21N3O3S. The van der Waals surface area contributed by atoms with Gasteiger partial charge < -0.3 is 10.6 Å². The quantitative estimate of drug-likeness (QED) is 0.634. The molecule has 2 N–H and O–H groups in total. The van der Waals surface area contributed by atoms with E-state index < -0.39 is 15.6 Å². The Morgan fingerprint density at radius 3 is 2.19 bits per heavy atom. The Morgan fingerprint density at radius 1 is 1.31 bits per heavy atom. The minimum atomic E-state index is -3.25. The molecule has 0 aliphatic rings. The third kappa shape index (κ3) is 4.46. The maximum atomic E-state index is 11.6. The molecule has 0 aromatic heterocycles. The first kappa shape index (κ1) is 15.3. The molecule has 0 aromatic rings. The second-order valence-electron chi connectivity index (χ2n) is 4.23. The molecular weight excluding hydrogens is 230 g/mol. The van der Waals surface area contributed by atoms with Crippen LogP contribution in [0.1, 0.15) is 13.8 Å². The highest BCUT2D eigenvalue weighted by Gasteiger charge is 2.25. The predicted octanol–water partition coefficient (Wildman–Crippen LogP) is -1.01. The van der Waals surface area contributed by atoms with Gasteiger partial charge in [0.2, 0.25) is 15.9 Å². The maximum Gasteiger partial charge on any atom is 0.239 e. The fourth-order valence-electron chi connectivity index (χ4n) is 0.811. The fourth-order valence-corrected chi connectivity index (χ4v) is 1.54. The Bertz CT molecular complexity index is 336. The summed E-state index contributed by atoms with van der Waals surface area (Å²) in [5, 5.41) is 5.42. The van der Waals surface area contributed by atoms with E-state index in [4.69, 9.17) is 0 Å². The van der Waals surface area contributed by atoms with E-state index in [2.05, 4.69) is 10.6 Å². The van der Waals surface area contributed by atoms with Crippen LogP contribution in [-0.4, -0.2) is 57.6 Å². The van der Waals surface area contributed by atoms with Crippen LogP contribution in [0.5, 0.6) is 0 Å². The zero-order valence-corrected chi connectivity index (χ0v) is 11.3. The SMILES string of the molecule is CNC(C)(C)C(=O)NCCS(=O)(=O)N(C)C. The second-order valence-corrected chi connectivity index (χ2v) is 6.53. The molecule has 16 heavy (non-hydrogen) atoms. The van der Waals surface area contributed by atoms with Crippen molar-refractivity contribution in [3.05, 3.63) is 0 Å². The van der Waals surface area contributed by atoms with Crippen LogP contribution >= 0.6 is 0 Å². The Hall–Kier alpha value is -0.660. The average molecular weight is 251 g/mol. The van der Waals surface area contributed by atoms with E-state index in [1.165, 1.54) is 14.1 Å². The lowest BCUT2D eigenvalue weighted by Gasteiger charge is -2.22. The summed E-state index contributed by atoms with van der Waals surface area (Å²) in [5.41, 5.74) is -0.693. The van der Waals surface area contributed by atoms with E-state index in [-0.39, 0.29) is 18.2 Å². The fraction of sp³-hybridized carbons (Fsp3) is 0.889. The van der Waals surface area contributed by atoms with Gasteiger partial charge in [0, 0.05) is 20.6 Å². The first-order valence-electron chi connectivity index (χ1n) is 5.01. The summed E-state index contributed by atoms with van der Waals surface area (Å²) >= 11 is 0. The van der Waals surface area contributed by atoms with E-state index in [0.717, 1.165) is 4.31 Å². The molecule has 96 valence electrons. The number of hydrogen-bond acceptors (Lipinski definition) is 4. The van der Waals surface area contributed by atoms with Crippen LogP contribution in [-0.2, 0) is 14.8 Å². The lowest BCUT2D eigenvalue weighted by atomic mass is 10.1. The first-order valence-corrected chi connectivity index (χ1v) is 6.62. The number of sulfonamides is 1. The summed E-state index contributed by atoms with van der Waals surface area (Å²) in [7, 11) is 1.36. The average Bonchev–Trinajstić information content (AvgIpc) is 2.17. The molecule has 7 heteroatoms. The number of rotatable bonds is 6. The van der Waals surface area contributed by atoms with Gasteiger partial charge in [-0.05, 0) is 20.9 Å². The Labute approximate surface area is 97.4 Å². The molecule has 1 amide bonds. The summed E-state index contributed by atoms with van der Waals surface area (Å²) in [6, 6.07) is 0. The molecule has 0 saturated heterocycles. The highest BCUT2D eigenvalue weighted by molar-refractivity contribution is 7.89. The number of carbonyl (C=O) groups is 1. The molecule has 6 nitrogen and oxygen atoms in total. The van der Waals surface area contributed by atoms with Crippen molar-refractivity contribution in [1.82, 2.24) is 14.9 Å². The van der Waals surface area contributed by atoms with Crippen molar-refractivity contribution < 1.29 is 13.2 Å². The molecule has 0 saturated carbocycles. The zero-order chi connectivity index (χ0) is 13.0. The molecule has 0 atom stereocenters. The van der Waals surface area contributed by atoms with Gasteiger partial charge in [0.15, 0.2) is 0 Å². The van der Waals surface area contributed by atoms with Gasteiger partial charge in [-0.2, -0.15) is 0 Å². The lowest BCUT2D eigenvalue weighted by molar-refractivity contribution is -0.126. The molecule has 0 fully saturated rings. The number of nitrogens with one attached hydrogen (secondary N) is 2. The molecule has 0 spiro atoms. The van der Waals surface area contributed by atoms with Crippen molar-refractivity contribution in [2.45, 2.75) is 19.4 Å². The molecule has 0 unspecified atom stereocenters. The van der Waals surface area contributed by atoms with Gasteiger partial charge in [0.05, 0.1) is 11.3 Å². The number of nitrogens with zero attached hydrogens (tertiary/aromatic N) is 1. The maximum absolute atomic E-state index is 11.6. The molecule has 0 aromatic carbocycles. The zero-order valence-electron chi connectivity index (χ0n) is 10.5. The van der Waals surface area contributed by atoms with Crippen LogP contribution in [0.15, 0.2) is 0 Å². The van der Waals surface area contributed by atoms with Crippen LogP contribution in [0, 0.1) is 0 Å². The Balaban J connectivity index is 4.16. The molecule has 0 rings (SSSR count). The number of carbonyl (C=O) groups excluding carboxylic acids is 1. The number of hydrogen-bond donors (Lipinski definition) is 2. The number of amides is 1. The minimum Gasteiger partial charge on any atom is -0.353 e. The molecule has 0 radical (unpaired) electrons. The summed E-state index contributed by atoms with van der Waals surface area (Å²) < 4.78 is 23.9. The van der Waals surface area contributed by atoms with Crippen molar-refractivity contribution in [3.63, 3.8) is 0 Å². The van der Waals surface area contributed by atoms with E-state index in [1.807, 2.05) is 0 Å². The van der Waals surface area contributed by atoms with Crippen LogP contribution in [0.25, 0.3) is 0 Å². The van der Waals surface area contributed by atoms with E-state index >= 15 is 0 Å². The highest BCUT2D eigenvalue weighted by Crippen LogP contribution is 2.00. The van der Waals surface area contributed by atoms with Crippen molar-refractivity contribution >= 4 is 15.9 Å². The monoisotopic (exact) mass is 251 g/mol. The van der Waals surface area contributed by atoms with Crippen LogP contribution < -0.4 is 10.6 Å². The van der Waals surface area contributed by atoms with Crippen molar-refractivity contribution in [2.24, 2.45) is 0 Å². The predicted molar refractivity (Wildman–Crippen MR) is 63.6 cm³/mol. The van der Waals surface area contributed by atoms with Crippen LogP contribution in [0.4, 0.5) is 0 Å². The third-order valence-electron chi connectivity index (χ3n) is 2.39. The van der Waals surface area contributed by atoms with Crippen LogP contribution in [0.3, 0.4) is 0 Å². The summed E-state index contributed by atoms with van der Waals surface area (Å²) in [4.78, 5) is 11.6. The van der Waals surface area contributed by atoms with Crippen molar-refractivity contribution in [1.29, 1.82) is 0 Å². The van der Waals surface area contributed by atoms with Gasteiger partial charge in [0.25, 0.3) is 0 Å². The van der Waals surface area contributed by atoms with E-state index in [1.54, 1.807) is 20.9 Å². The molecule has 0 bridgehead atoms. The van der Waals surface area contributed by atoms with Crippen molar-refractivity contribution in [3.8, 4) is 0 Å². The highest BCUT2D eigenvalue weighted by atomic mass is 32.2. The molecule has 0 aliphatic carbocycles. The normalized spacial score (nSPS) is 12.9. The molecule has 0 aliphatic heterocycles. The summed E-state index contributed by atoms with van der Waals surface area (Å²) in [5.74, 6) is -0.310. The van der Waals surface area contributed by atoms with Gasteiger partial charge in [-0.3, -0.25) is 4.79 Å². The Kier molecular flexibility index (Phi) is 5.37. The second kappa shape index (κ2) is 5.60. The van der Waals surface area contributed by atoms with Crippen LogP contribution in [0.2, 0.25) is 0 Å². The van der Waals surface area contributed by atoms with Gasteiger partial charge in [-0.25, -0.2) is 12.7 Å². The first-order chi connectivity index (χ1) is 7.13. The summed E-state index contributed by atoms with van der Waals surface area (Å²) in [6.45, 7) is 3.57. The van der Waals surface area contributed by atoms with Gasteiger partial charge in [-0.1, -0.05) is 0 Å². The largest absolute Gasteiger partial charge is 0.353 e. The van der Waals surface area contributed by atoms with Gasteiger partial charge in [-0.15, -0.1) is 0 Å². The standard InChI is InChI=1S/C9H21N3O3S/c1-9(2,10-3)8(13)11-6-7-16(14,15)12(4)5/h10H,6-7H2,1-5H3,(H,11,13). The van der Waals surface area contributed by atoms with Gasteiger partial charge in [0.1, 0.15) is 0 Å². The lowest BCUT2D eigenvalue weighted by Crippen LogP contribution is -2.52. The third-order valence-corrected chi connectivity index (χ3v) is 4.23. The summed E-state index contributed by atoms with van der Waals surface area (Å²) in [6.07, 6.45) is 0. The van der Waals surface area contributed by atoms with Crippen molar-refractivity contribution in [2.75, 3.05) is 33.4 Å². The topological polar surface area (TPSA) is 78.5 Å². The minimum absolute atomic E-state index is 0.0917. The Morgan fingerprint density at radius 2 is 1.81 bits per heavy atom. The smallest absolute Gasteiger partial charge is 0.239 e. The van der Waals surface area contributed by atoms with E-state index in [9.17, 15) is 13.2 Å².